The van der Waals surface area contributed by atoms with E-state index in [1.807, 2.05) is 18.5 Å². The van der Waals surface area contributed by atoms with Crippen LogP contribution in [0, 0.1) is 5.82 Å². The summed E-state index contributed by atoms with van der Waals surface area (Å²) in [6, 6.07) is 13.1. The maximum atomic E-state index is 13.0. The van der Waals surface area contributed by atoms with Gasteiger partial charge in [-0.1, -0.05) is 36.9 Å². The Balaban J connectivity index is 1.47. The number of amides is 1. The molecule has 0 spiro atoms. The highest BCUT2D eigenvalue weighted by atomic mass is 32.2. The average molecular weight is 489 g/mol. The fourth-order valence-corrected chi connectivity index (χ4v) is 4.46. The van der Waals surface area contributed by atoms with Crippen LogP contribution in [0.25, 0.3) is 0 Å². The van der Waals surface area contributed by atoms with Gasteiger partial charge in [0.05, 0.1) is 23.7 Å². The Bertz CT molecular complexity index is 1090. The molecule has 0 unspecified atom stereocenters. The van der Waals surface area contributed by atoms with Crippen LogP contribution in [-0.2, 0) is 28.1 Å². The number of anilines is 1. The summed E-state index contributed by atoms with van der Waals surface area (Å²) < 4.78 is 20.0. The van der Waals surface area contributed by atoms with Crippen LogP contribution in [0.5, 0.6) is 0 Å². The monoisotopic (exact) mass is 488 g/mol. The summed E-state index contributed by atoms with van der Waals surface area (Å²) in [5, 5.41) is 11.8. The first kappa shape index (κ1) is 24.8. The molecule has 0 atom stereocenters. The van der Waals surface area contributed by atoms with E-state index in [9.17, 15) is 14.0 Å². The second-order valence-corrected chi connectivity index (χ2v) is 9.06. The van der Waals surface area contributed by atoms with Crippen molar-refractivity contribution < 1.29 is 18.7 Å². The van der Waals surface area contributed by atoms with Gasteiger partial charge in [-0.05, 0) is 42.3 Å². The van der Waals surface area contributed by atoms with Gasteiger partial charge in [-0.3, -0.25) is 4.79 Å². The van der Waals surface area contributed by atoms with Crippen LogP contribution in [0.4, 0.5) is 10.1 Å². The molecule has 1 amide bonds. The van der Waals surface area contributed by atoms with E-state index < -0.39 is 5.97 Å². The first-order valence-electron chi connectivity index (χ1n) is 10.4. The van der Waals surface area contributed by atoms with Crippen molar-refractivity contribution in [3.63, 3.8) is 0 Å². The zero-order valence-electron chi connectivity index (χ0n) is 18.4. The van der Waals surface area contributed by atoms with Gasteiger partial charge < -0.3 is 14.6 Å². The van der Waals surface area contributed by atoms with Crippen molar-refractivity contribution in [2.75, 3.05) is 17.7 Å². The van der Waals surface area contributed by atoms with Crippen LogP contribution >= 0.6 is 23.5 Å². The van der Waals surface area contributed by atoms with Crippen molar-refractivity contribution >= 4 is 41.1 Å². The molecule has 2 aromatic carbocycles. The second kappa shape index (κ2) is 12.4. The van der Waals surface area contributed by atoms with E-state index in [4.69, 9.17) is 4.74 Å². The molecule has 0 saturated carbocycles. The maximum absolute atomic E-state index is 13.0. The van der Waals surface area contributed by atoms with Gasteiger partial charge in [-0.2, -0.15) is 0 Å². The summed E-state index contributed by atoms with van der Waals surface area (Å²) in [6.07, 6.45) is 0.746. The normalized spacial score (nSPS) is 10.8. The number of nitrogens with zero attached hydrogens (tertiary/aromatic N) is 3. The number of aromatic nitrogens is 3. The Hall–Kier alpha value is -2.85. The predicted molar refractivity (Wildman–Crippen MR) is 129 cm³/mol. The Morgan fingerprint density at radius 2 is 1.91 bits per heavy atom. The molecule has 0 aliphatic heterocycles. The molecule has 1 heterocycles. The summed E-state index contributed by atoms with van der Waals surface area (Å²) in [5.74, 6) is 1.46. The first-order chi connectivity index (χ1) is 16.0. The van der Waals surface area contributed by atoms with Gasteiger partial charge in [0.25, 0.3) is 0 Å². The Kier molecular flexibility index (Phi) is 9.32. The number of rotatable bonds is 11. The minimum absolute atomic E-state index is 0.152. The van der Waals surface area contributed by atoms with Crippen LogP contribution < -0.4 is 5.32 Å². The molecule has 0 radical (unpaired) electrons. The van der Waals surface area contributed by atoms with Gasteiger partial charge in [0.1, 0.15) is 11.6 Å². The molecule has 33 heavy (non-hydrogen) atoms. The van der Waals surface area contributed by atoms with E-state index in [-0.39, 0.29) is 17.5 Å². The SMILES string of the molecule is CCCOC(=O)c1cccc(NC(=O)CSc2nnc(CSCc3ccc(F)cc3)n2C)c1. The standard InChI is InChI=1S/C23H25FN4O3S2/c1-3-11-31-22(30)17-5-4-6-19(12-17)25-21(29)15-33-23-27-26-20(28(23)2)14-32-13-16-7-9-18(24)10-8-16/h4-10,12H,3,11,13-15H2,1-2H3,(H,25,29). The van der Waals surface area contributed by atoms with Gasteiger partial charge in [-0.25, -0.2) is 9.18 Å². The topological polar surface area (TPSA) is 86.1 Å². The molecular formula is C23H25FN4O3S2. The van der Waals surface area contributed by atoms with Crippen molar-refractivity contribution in [1.29, 1.82) is 0 Å². The molecule has 3 aromatic rings. The van der Waals surface area contributed by atoms with Gasteiger partial charge in [0.2, 0.25) is 5.91 Å². The number of carbonyl (C=O) groups excluding carboxylic acids is 2. The lowest BCUT2D eigenvalue weighted by molar-refractivity contribution is -0.113. The van der Waals surface area contributed by atoms with Crippen molar-refractivity contribution in [2.45, 2.75) is 30.0 Å². The number of hydrogen-bond acceptors (Lipinski definition) is 7. The van der Waals surface area contributed by atoms with Gasteiger partial charge >= 0.3 is 5.97 Å². The van der Waals surface area contributed by atoms with Crippen molar-refractivity contribution in [2.24, 2.45) is 7.05 Å². The van der Waals surface area contributed by atoms with E-state index in [0.29, 0.717) is 28.8 Å². The Labute approximate surface area is 200 Å². The Morgan fingerprint density at radius 1 is 1.12 bits per heavy atom. The molecule has 1 aromatic heterocycles. The molecule has 0 saturated heterocycles. The molecule has 0 aliphatic carbocycles. The van der Waals surface area contributed by atoms with Gasteiger partial charge in [0, 0.05) is 18.5 Å². The van der Waals surface area contributed by atoms with E-state index >= 15 is 0 Å². The largest absolute Gasteiger partial charge is 0.462 e. The molecule has 3 rings (SSSR count). The number of benzene rings is 2. The number of halogens is 1. The highest BCUT2D eigenvalue weighted by molar-refractivity contribution is 7.99. The summed E-state index contributed by atoms with van der Waals surface area (Å²) >= 11 is 2.94. The third kappa shape index (κ3) is 7.61. The summed E-state index contributed by atoms with van der Waals surface area (Å²) in [6.45, 7) is 2.28. The smallest absolute Gasteiger partial charge is 0.338 e. The van der Waals surface area contributed by atoms with E-state index in [2.05, 4.69) is 15.5 Å². The Morgan fingerprint density at radius 3 is 2.67 bits per heavy atom. The highest BCUT2D eigenvalue weighted by Crippen LogP contribution is 2.21. The molecule has 0 fully saturated rings. The molecular weight excluding hydrogens is 463 g/mol. The number of carbonyl (C=O) groups is 2. The highest BCUT2D eigenvalue weighted by Gasteiger charge is 2.13. The zero-order valence-corrected chi connectivity index (χ0v) is 20.0. The van der Waals surface area contributed by atoms with E-state index in [1.54, 1.807) is 48.2 Å². The minimum atomic E-state index is -0.411. The summed E-state index contributed by atoms with van der Waals surface area (Å²) in [4.78, 5) is 24.4. The third-order valence-corrected chi connectivity index (χ3v) is 6.51. The van der Waals surface area contributed by atoms with Crippen LogP contribution in [0.1, 0.15) is 35.1 Å². The number of esters is 1. The number of ether oxygens (including phenoxy) is 1. The lowest BCUT2D eigenvalue weighted by Crippen LogP contribution is -2.15. The van der Waals surface area contributed by atoms with E-state index in [0.717, 1.165) is 23.6 Å². The van der Waals surface area contributed by atoms with Crippen LogP contribution in [-0.4, -0.2) is 39.0 Å². The number of hydrogen-bond donors (Lipinski definition) is 1. The van der Waals surface area contributed by atoms with Crippen LogP contribution in [0.3, 0.4) is 0 Å². The number of nitrogens with one attached hydrogen (secondary N) is 1. The van der Waals surface area contributed by atoms with Gasteiger partial charge in [0.15, 0.2) is 5.16 Å². The van der Waals surface area contributed by atoms with Crippen molar-refractivity contribution in [3.05, 3.63) is 71.3 Å². The van der Waals surface area contributed by atoms with Crippen LogP contribution in [0.15, 0.2) is 53.7 Å². The van der Waals surface area contributed by atoms with Crippen LogP contribution in [0.2, 0.25) is 0 Å². The zero-order chi connectivity index (χ0) is 23.6. The fourth-order valence-electron chi connectivity index (χ4n) is 2.77. The molecule has 0 aliphatic rings. The van der Waals surface area contributed by atoms with Gasteiger partial charge in [-0.15, -0.1) is 22.0 Å². The molecule has 0 bridgehead atoms. The lowest BCUT2D eigenvalue weighted by atomic mass is 10.2. The second-order valence-electron chi connectivity index (χ2n) is 7.13. The number of thioether (sulfide) groups is 2. The summed E-state index contributed by atoms with van der Waals surface area (Å²) in [7, 11) is 1.86. The minimum Gasteiger partial charge on any atom is -0.462 e. The first-order valence-corrected chi connectivity index (χ1v) is 12.5. The quantitative estimate of drug-likeness (QED) is 0.310. The lowest BCUT2D eigenvalue weighted by Gasteiger charge is -2.08. The molecule has 174 valence electrons. The summed E-state index contributed by atoms with van der Waals surface area (Å²) in [5.41, 5.74) is 1.96. The molecule has 1 N–H and O–H groups in total. The fraction of sp³-hybridized carbons (Fsp3) is 0.304. The third-order valence-electron chi connectivity index (χ3n) is 4.49. The van der Waals surface area contributed by atoms with Crippen molar-refractivity contribution in [1.82, 2.24) is 14.8 Å². The average Bonchev–Trinajstić information content (AvgIpc) is 3.17. The maximum Gasteiger partial charge on any atom is 0.338 e. The molecule has 10 heteroatoms. The van der Waals surface area contributed by atoms with Crippen molar-refractivity contribution in [3.8, 4) is 0 Å². The molecule has 7 nitrogen and oxygen atoms in total. The predicted octanol–water partition coefficient (Wildman–Crippen LogP) is 4.69. The van der Waals surface area contributed by atoms with E-state index in [1.165, 1.54) is 23.9 Å².